The number of halogens is 4. The lowest BCUT2D eigenvalue weighted by atomic mass is 9.89. The number of alkyl halides is 3. The summed E-state index contributed by atoms with van der Waals surface area (Å²) >= 11 is 5.60. The van der Waals surface area contributed by atoms with Gasteiger partial charge in [0.05, 0.1) is 5.41 Å². The van der Waals surface area contributed by atoms with Crippen molar-refractivity contribution in [2.75, 3.05) is 18.0 Å². The second-order valence-electron chi connectivity index (χ2n) is 4.97. The number of nitrogens with zero attached hydrogens (tertiary/aromatic N) is 3. The maximum absolute atomic E-state index is 12.6. The van der Waals surface area contributed by atoms with Crippen LogP contribution in [0.4, 0.5) is 19.0 Å². The zero-order chi connectivity index (χ0) is 15.1. The number of rotatable bonds is 2. The van der Waals surface area contributed by atoms with Crippen LogP contribution in [0.5, 0.6) is 0 Å². The van der Waals surface area contributed by atoms with Crippen molar-refractivity contribution < 1.29 is 18.0 Å². The molecule has 2 heterocycles. The van der Waals surface area contributed by atoms with Gasteiger partial charge in [0.25, 0.3) is 0 Å². The molecule has 2 N–H and O–H groups in total. The molecule has 0 bridgehead atoms. The Bertz CT molecular complexity index is 551. The van der Waals surface area contributed by atoms with Gasteiger partial charge in [-0.1, -0.05) is 11.6 Å². The maximum Gasteiger partial charge on any atom is 0.451 e. The van der Waals surface area contributed by atoms with E-state index in [1.165, 1.54) is 6.07 Å². The fourth-order valence-corrected chi connectivity index (χ4v) is 2.23. The number of carbonyl (C=O) groups excluding carboxylic acids is 1. The van der Waals surface area contributed by atoms with Crippen LogP contribution >= 0.6 is 11.6 Å². The van der Waals surface area contributed by atoms with Crippen LogP contribution in [-0.4, -0.2) is 29.0 Å². The van der Waals surface area contributed by atoms with Crippen LogP contribution < -0.4 is 10.6 Å². The molecule has 20 heavy (non-hydrogen) atoms. The third-order valence-corrected chi connectivity index (χ3v) is 3.52. The molecule has 110 valence electrons. The third kappa shape index (κ3) is 2.79. The van der Waals surface area contributed by atoms with E-state index in [4.69, 9.17) is 17.3 Å². The Kier molecular flexibility index (Phi) is 3.53. The first-order valence-corrected chi connectivity index (χ1v) is 6.16. The van der Waals surface area contributed by atoms with Crippen LogP contribution in [0.1, 0.15) is 19.2 Å². The Morgan fingerprint density at radius 2 is 2.15 bits per heavy atom. The number of carbonyl (C=O) groups is 1. The Morgan fingerprint density at radius 1 is 1.50 bits per heavy atom. The number of anilines is 1. The average Bonchev–Trinajstić information content (AvgIpc) is 2.71. The lowest BCUT2D eigenvalue weighted by Gasteiger charge is -2.22. The van der Waals surface area contributed by atoms with E-state index in [-0.39, 0.29) is 17.5 Å². The van der Waals surface area contributed by atoms with Gasteiger partial charge in [-0.2, -0.15) is 13.2 Å². The molecule has 0 saturated carbocycles. The molecule has 1 aromatic heterocycles. The van der Waals surface area contributed by atoms with Gasteiger partial charge in [0.15, 0.2) is 0 Å². The maximum atomic E-state index is 12.6. The zero-order valence-corrected chi connectivity index (χ0v) is 11.3. The van der Waals surface area contributed by atoms with Crippen LogP contribution in [0, 0.1) is 5.41 Å². The summed E-state index contributed by atoms with van der Waals surface area (Å²) in [4.78, 5) is 19.5. The topological polar surface area (TPSA) is 72.1 Å². The average molecular weight is 309 g/mol. The molecule has 2 rings (SSSR count). The SMILES string of the molecule is CC1(C(N)=O)CCN(c2cc(Cl)nc(C(F)(F)F)n2)C1. The zero-order valence-electron chi connectivity index (χ0n) is 10.5. The van der Waals surface area contributed by atoms with Crippen molar-refractivity contribution in [2.24, 2.45) is 11.1 Å². The Balaban J connectivity index is 2.31. The minimum atomic E-state index is -4.67. The quantitative estimate of drug-likeness (QED) is 0.846. The van der Waals surface area contributed by atoms with Gasteiger partial charge in [0, 0.05) is 19.2 Å². The first-order valence-electron chi connectivity index (χ1n) is 5.78. The summed E-state index contributed by atoms with van der Waals surface area (Å²) in [5, 5.41) is -0.296. The molecule has 1 aliphatic heterocycles. The van der Waals surface area contributed by atoms with Crippen molar-refractivity contribution in [1.29, 1.82) is 0 Å². The summed E-state index contributed by atoms with van der Waals surface area (Å²) in [6.07, 6.45) is -4.22. The van der Waals surface area contributed by atoms with Gasteiger partial charge >= 0.3 is 6.18 Å². The number of hydrogen-bond donors (Lipinski definition) is 1. The normalized spacial score (nSPS) is 23.1. The molecule has 0 aliphatic carbocycles. The van der Waals surface area contributed by atoms with E-state index >= 15 is 0 Å². The fourth-order valence-electron chi connectivity index (χ4n) is 2.05. The summed E-state index contributed by atoms with van der Waals surface area (Å²) < 4.78 is 37.9. The number of aromatic nitrogens is 2. The first kappa shape index (κ1) is 14.8. The third-order valence-electron chi connectivity index (χ3n) is 3.33. The van der Waals surface area contributed by atoms with Crippen LogP contribution in [0.2, 0.25) is 5.15 Å². The van der Waals surface area contributed by atoms with Gasteiger partial charge in [-0.3, -0.25) is 4.79 Å². The minimum absolute atomic E-state index is 0.0438. The molecule has 0 spiro atoms. The standard InChI is InChI=1S/C11H12ClF3N4O/c1-10(8(16)20)2-3-19(5-10)7-4-6(12)17-9(18-7)11(13,14)15/h4H,2-3,5H2,1H3,(H2,16,20). The van der Waals surface area contributed by atoms with Crippen LogP contribution in [0.3, 0.4) is 0 Å². The van der Waals surface area contributed by atoms with Crippen molar-refractivity contribution >= 4 is 23.3 Å². The largest absolute Gasteiger partial charge is 0.451 e. The molecule has 1 amide bonds. The van der Waals surface area contributed by atoms with Gasteiger partial charge in [0.2, 0.25) is 11.7 Å². The highest BCUT2D eigenvalue weighted by molar-refractivity contribution is 6.29. The van der Waals surface area contributed by atoms with Gasteiger partial charge < -0.3 is 10.6 Å². The lowest BCUT2D eigenvalue weighted by molar-refractivity contribution is -0.144. The number of amides is 1. The predicted octanol–water partition coefficient (Wildman–Crippen LogP) is 1.85. The number of nitrogens with two attached hydrogens (primary N) is 1. The minimum Gasteiger partial charge on any atom is -0.369 e. The molecule has 0 radical (unpaired) electrons. The lowest BCUT2D eigenvalue weighted by Crippen LogP contribution is -2.37. The Morgan fingerprint density at radius 3 is 2.65 bits per heavy atom. The summed E-state index contributed by atoms with van der Waals surface area (Å²) in [6, 6.07) is 1.24. The highest BCUT2D eigenvalue weighted by Gasteiger charge is 2.41. The predicted molar refractivity (Wildman–Crippen MR) is 66.2 cm³/mol. The highest BCUT2D eigenvalue weighted by Crippen LogP contribution is 2.34. The molecule has 9 heteroatoms. The van der Waals surface area contributed by atoms with Gasteiger partial charge in [-0.15, -0.1) is 0 Å². The van der Waals surface area contributed by atoms with E-state index in [2.05, 4.69) is 9.97 Å². The second kappa shape index (κ2) is 4.76. The van der Waals surface area contributed by atoms with Crippen molar-refractivity contribution in [3.05, 3.63) is 17.0 Å². The van der Waals surface area contributed by atoms with Crippen molar-refractivity contribution in [2.45, 2.75) is 19.5 Å². The molecule has 1 saturated heterocycles. The summed E-state index contributed by atoms with van der Waals surface area (Å²) in [5.41, 5.74) is 4.52. The van der Waals surface area contributed by atoms with E-state index in [1.54, 1.807) is 11.8 Å². The van der Waals surface area contributed by atoms with Crippen molar-refractivity contribution in [3.8, 4) is 0 Å². The Hall–Kier alpha value is -1.57. The van der Waals surface area contributed by atoms with E-state index in [9.17, 15) is 18.0 Å². The molecular weight excluding hydrogens is 297 g/mol. The van der Waals surface area contributed by atoms with E-state index < -0.39 is 23.3 Å². The summed E-state index contributed by atoms with van der Waals surface area (Å²) in [6.45, 7) is 2.25. The van der Waals surface area contributed by atoms with Crippen LogP contribution in [-0.2, 0) is 11.0 Å². The Labute approximate surface area is 117 Å². The molecular formula is C11H12ClF3N4O. The van der Waals surface area contributed by atoms with E-state index in [0.29, 0.717) is 13.0 Å². The number of hydrogen-bond acceptors (Lipinski definition) is 4. The van der Waals surface area contributed by atoms with Gasteiger partial charge in [-0.05, 0) is 13.3 Å². The smallest absolute Gasteiger partial charge is 0.369 e. The molecule has 1 aromatic rings. The van der Waals surface area contributed by atoms with E-state index in [1.807, 2.05) is 0 Å². The molecule has 1 atom stereocenters. The van der Waals surface area contributed by atoms with Crippen LogP contribution in [0.25, 0.3) is 0 Å². The van der Waals surface area contributed by atoms with E-state index in [0.717, 1.165) is 0 Å². The monoisotopic (exact) mass is 308 g/mol. The highest BCUT2D eigenvalue weighted by atomic mass is 35.5. The summed E-state index contributed by atoms with van der Waals surface area (Å²) in [5.74, 6) is -1.74. The fraction of sp³-hybridized carbons (Fsp3) is 0.545. The molecule has 5 nitrogen and oxygen atoms in total. The molecule has 1 fully saturated rings. The van der Waals surface area contributed by atoms with Gasteiger partial charge in [0.1, 0.15) is 11.0 Å². The molecule has 1 aliphatic rings. The summed E-state index contributed by atoms with van der Waals surface area (Å²) in [7, 11) is 0. The van der Waals surface area contributed by atoms with Gasteiger partial charge in [-0.25, -0.2) is 9.97 Å². The second-order valence-corrected chi connectivity index (χ2v) is 5.35. The van der Waals surface area contributed by atoms with Crippen LogP contribution in [0.15, 0.2) is 6.07 Å². The first-order chi connectivity index (χ1) is 9.12. The number of primary amides is 1. The van der Waals surface area contributed by atoms with Crippen molar-refractivity contribution in [1.82, 2.24) is 9.97 Å². The molecule has 0 aromatic carbocycles. The molecule has 1 unspecified atom stereocenters. The van der Waals surface area contributed by atoms with Crippen molar-refractivity contribution in [3.63, 3.8) is 0 Å².